The lowest BCUT2D eigenvalue weighted by molar-refractivity contribution is 0.617. The Morgan fingerprint density at radius 2 is 1.59 bits per heavy atom. The Labute approximate surface area is 172 Å². The average molecular weight is 383 g/mol. The van der Waals surface area contributed by atoms with Crippen LogP contribution in [0.2, 0.25) is 0 Å². The van der Waals surface area contributed by atoms with Gasteiger partial charge in [0.05, 0.1) is 17.6 Å². The maximum atomic E-state index is 4.72. The van der Waals surface area contributed by atoms with Crippen LogP contribution >= 0.6 is 0 Å². The van der Waals surface area contributed by atoms with Gasteiger partial charge in [0, 0.05) is 47.0 Å². The lowest BCUT2D eigenvalue weighted by Crippen LogP contribution is -2.36. The Morgan fingerprint density at radius 1 is 0.862 bits per heavy atom. The first-order valence-electron chi connectivity index (χ1n) is 10.2. The number of anilines is 2. The minimum Gasteiger partial charge on any atom is -0.371 e. The maximum absolute atomic E-state index is 4.72. The van der Waals surface area contributed by atoms with Gasteiger partial charge in [0.1, 0.15) is 0 Å². The molecule has 0 spiro atoms. The van der Waals surface area contributed by atoms with E-state index in [2.05, 4.69) is 85.3 Å². The van der Waals surface area contributed by atoms with Gasteiger partial charge >= 0.3 is 0 Å². The second-order valence-electron chi connectivity index (χ2n) is 7.99. The molecule has 3 heterocycles. The first-order chi connectivity index (χ1) is 14.0. The molecule has 29 heavy (non-hydrogen) atoms. The van der Waals surface area contributed by atoms with Crippen LogP contribution in [-0.2, 0) is 0 Å². The molecule has 0 unspecified atom stereocenters. The van der Waals surface area contributed by atoms with Crippen LogP contribution in [0.15, 0.2) is 60.2 Å². The summed E-state index contributed by atoms with van der Waals surface area (Å²) in [4.78, 5) is 2.43. The van der Waals surface area contributed by atoms with Crippen LogP contribution in [0.1, 0.15) is 34.5 Å². The minimum atomic E-state index is 0.921. The first-order valence-corrected chi connectivity index (χ1v) is 10.2. The topological polar surface area (TPSA) is 23.8 Å². The lowest BCUT2D eigenvalue weighted by atomic mass is 10.1. The molecule has 0 radical (unpaired) electrons. The van der Waals surface area contributed by atoms with Gasteiger partial charge in [-0.1, -0.05) is 30.3 Å². The van der Waals surface area contributed by atoms with Gasteiger partial charge in [-0.15, -0.1) is 0 Å². The van der Waals surface area contributed by atoms with Crippen molar-refractivity contribution in [1.29, 1.82) is 0 Å². The van der Waals surface area contributed by atoms with E-state index < -0.39 is 0 Å². The molecule has 1 saturated heterocycles. The summed E-state index contributed by atoms with van der Waals surface area (Å²) in [5.41, 5.74) is 10.4. The Balaban J connectivity index is 1.57. The van der Waals surface area contributed by atoms with E-state index in [-0.39, 0.29) is 0 Å². The molecule has 0 N–H and O–H groups in total. The number of hydrogen-bond acceptors (Lipinski definition) is 3. The molecular weight excluding hydrogens is 356 g/mol. The fourth-order valence-corrected chi connectivity index (χ4v) is 4.37. The molecular formula is C25H26N4. The number of hydrazone groups is 1. The van der Waals surface area contributed by atoms with Crippen molar-refractivity contribution in [3.8, 4) is 5.69 Å². The number of nitrogens with zero attached hydrogens (tertiary/aromatic N) is 4. The molecule has 0 aliphatic carbocycles. The molecule has 2 aliphatic rings. The molecule has 2 aliphatic heterocycles. The smallest absolute Gasteiger partial charge is 0.0678 e. The SMILES string of the molecule is C=C1c2c(c(C)n(-c3cccc(N4CCC4)c3)c2C)C=NN1c1ccc(C)cc1. The van der Waals surface area contributed by atoms with Crippen molar-refractivity contribution in [2.45, 2.75) is 27.2 Å². The highest BCUT2D eigenvalue weighted by Crippen LogP contribution is 2.37. The zero-order chi connectivity index (χ0) is 20.1. The van der Waals surface area contributed by atoms with Gasteiger partial charge in [0.2, 0.25) is 0 Å². The van der Waals surface area contributed by atoms with Crippen LogP contribution in [0.5, 0.6) is 0 Å². The highest BCUT2D eigenvalue weighted by atomic mass is 15.5. The summed E-state index contributed by atoms with van der Waals surface area (Å²) in [6.45, 7) is 13.2. The zero-order valence-electron chi connectivity index (χ0n) is 17.3. The summed E-state index contributed by atoms with van der Waals surface area (Å²) in [5, 5.41) is 6.66. The molecule has 4 heteroatoms. The molecule has 3 aromatic rings. The standard InChI is InChI=1S/C25H26N4/c1-17-9-11-21(12-10-17)29-20(4)25-19(3)28(18(2)24(25)16-26-29)23-8-5-7-22(15-23)27-13-6-14-27/h5,7-12,15-16H,4,6,13-14H2,1-3H3. The third-order valence-corrected chi connectivity index (χ3v) is 6.13. The van der Waals surface area contributed by atoms with Gasteiger partial charge in [0.25, 0.3) is 0 Å². The summed E-state index contributed by atoms with van der Waals surface area (Å²) in [6.07, 6.45) is 3.26. The van der Waals surface area contributed by atoms with Crippen molar-refractivity contribution in [2.75, 3.05) is 23.0 Å². The Morgan fingerprint density at radius 3 is 2.28 bits per heavy atom. The number of hydrogen-bond donors (Lipinski definition) is 0. The molecule has 1 fully saturated rings. The number of benzene rings is 2. The molecule has 4 nitrogen and oxygen atoms in total. The number of fused-ring (bicyclic) bond motifs is 1. The highest BCUT2D eigenvalue weighted by Gasteiger charge is 2.26. The van der Waals surface area contributed by atoms with Crippen LogP contribution < -0.4 is 9.91 Å². The average Bonchev–Trinajstić information content (AvgIpc) is 2.93. The number of rotatable bonds is 3. The number of aryl methyl sites for hydroxylation is 1. The van der Waals surface area contributed by atoms with E-state index in [1.807, 2.05) is 11.2 Å². The Kier molecular flexibility index (Phi) is 4.09. The third kappa shape index (κ3) is 2.79. The van der Waals surface area contributed by atoms with Crippen molar-refractivity contribution in [1.82, 2.24) is 4.57 Å². The van der Waals surface area contributed by atoms with Crippen molar-refractivity contribution >= 4 is 23.3 Å². The summed E-state index contributed by atoms with van der Waals surface area (Å²) in [5.74, 6) is 0. The molecule has 146 valence electrons. The molecule has 2 aromatic carbocycles. The van der Waals surface area contributed by atoms with E-state index >= 15 is 0 Å². The third-order valence-electron chi connectivity index (χ3n) is 6.13. The van der Waals surface area contributed by atoms with Gasteiger partial charge in [-0.05, 0) is 57.5 Å². The molecule has 5 rings (SSSR count). The largest absolute Gasteiger partial charge is 0.371 e. The quantitative estimate of drug-likeness (QED) is 0.602. The van der Waals surface area contributed by atoms with Crippen LogP contribution in [0.4, 0.5) is 11.4 Å². The van der Waals surface area contributed by atoms with Crippen LogP contribution in [-0.4, -0.2) is 23.9 Å². The molecule has 0 atom stereocenters. The van der Waals surface area contributed by atoms with Crippen molar-refractivity contribution in [3.63, 3.8) is 0 Å². The van der Waals surface area contributed by atoms with Gasteiger partial charge in [-0.2, -0.15) is 5.10 Å². The second kappa shape index (κ2) is 6.66. The van der Waals surface area contributed by atoms with Crippen molar-refractivity contribution in [3.05, 3.63) is 83.2 Å². The monoisotopic (exact) mass is 382 g/mol. The summed E-state index contributed by atoms with van der Waals surface area (Å²) in [7, 11) is 0. The molecule has 0 bridgehead atoms. The highest BCUT2D eigenvalue weighted by molar-refractivity contribution is 5.98. The molecule has 0 saturated carbocycles. The molecule has 0 amide bonds. The van der Waals surface area contributed by atoms with Gasteiger partial charge in [-0.3, -0.25) is 0 Å². The van der Waals surface area contributed by atoms with Crippen LogP contribution in [0.25, 0.3) is 11.4 Å². The zero-order valence-corrected chi connectivity index (χ0v) is 17.3. The fourth-order valence-electron chi connectivity index (χ4n) is 4.37. The van der Waals surface area contributed by atoms with E-state index in [0.717, 1.165) is 30.0 Å². The predicted octanol–water partition coefficient (Wildman–Crippen LogP) is 5.44. The Hall–Kier alpha value is -3.27. The van der Waals surface area contributed by atoms with E-state index in [1.54, 1.807) is 0 Å². The fraction of sp³-hybridized carbons (Fsp3) is 0.240. The minimum absolute atomic E-state index is 0.921. The van der Waals surface area contributed by atoms with Crippen molar-refractivity contribution < 1.29 is 0 Å². The van der Waals surface area contributed by atoms with Gasteiger partial charge in [-0.25, -0.2) is 5.01 Å². The number of aromatic nitrogens is 1. The van der Waals surface area contributed by atoms with E-state index in [9.17, 15) is 0 Å². The summed E-state index contributed by atoms with van der Waals surface area (Å²) >= 11 is 0. The lowest BCUT2D eigenvalue weighted by Gasteiger charge is -2.33. The van der Waals surface area contributed by atoms with Gasteiger partial charge < -0.3 is 9.47 Å². The van der Waals surface area contributed by atoms with Crippen LogP contribution in [0.3, 0.4) is 0 Å². The van der Waals surface area contributed by atoms with Gasteiger partial charge in [0.15, 0.2) is 0 Å². The van der Waals surface area contributed by atoms with Crippen LogP contribution in [0, 0.1) is 20.8 Å². The maximum Gasteiger partial charge on any atom is 0.0678 e. The molecule has 1 aromatic heterocycles. The normalized spacial score (nSPS) is 15.5. The second-order valence-corrected chi connectivity index (χ2v) is 7.99. The van der Waals surface area contributed by atoms with E-state index in [0.29, 0.717) is 0 Å². The Bertz CT molecular complexity index is 1130. The summed E-state index contributed by atoms with van der Waals surface area (Å²) < 4.78 is 2.34. The summed E-state index contributed by atoms with van der Waals surface area (Å²) in [6, 6.07) is 17.3. The predicted molar refractivity (Wildman–Crippen MR) is 122 cm³/mol. The van der Waals surface area contributed by atoms with E-state index in [4.69, 9.17) is 5.10 Å². The first kappa shape index (κ1) is 17.8. The van der Waals surface area contributed by atoms with E-state index in [1.165, 1.54) is 40.3 Å². The van der Waals surface area contributed by atoms with Crippen molar-refractivity contribution in [2.24, 2.45) is 5.10 Å².